The van der Waals surface area contributed by atoms with Crippen LogP contribution in [0.1, 0.15) is 50.0 Å². The molecule has 1 aliphatic heterocycles. The zero-order valence-corrected chi connectivity index (χ0v) is 15.1. The number of carbonyl (C=O) groups excluding carboxylic acids is 1. The number of halogens is 1. The molecule has 1 aromatic heterocycles. The quantitative estimate of drug-likeness (QED) is 0.889. The van der Waals surface area contributed by atoms with E-state index >= 15 is 0 Å². The molecule has 2 heterocycles. The molecule has 25 heavy (non-hydrogen) atoms. The van der Waals surface area contributed by atoms with E-state index in [1.54, 1.807) is 4.57 Å². The Labute approximate surface area is 151 Å². The molecule has 0 bridgehead atoms. The van der Waals surface area contributed by atoms with Crippen molar-refractivity contribution in [3.8, 4) is 0 Å². The Balaban J connectivity index is 1.70. The summed E-state index contributed by atoms with van der Waals surface area (Å²) in [5, 5.41) is 8.00. The molecule has 7 heteroatoms. The number of rotatable bonds is 5. The molecule has 1 N–H and O–H groups in total. The maximum atomic E-state index is 12.4. The van der Waals surface area contributed by atoms with Gasteiger partial charge in [0.2, 0.25) is 5.91 Å². The third-order valence-electron chi connectivity index (χ3n) is 4.59. The molecule has 0 spiro atoms. The number of aryl methyl sites for hydroxylation is 1. The van der Waals surface area contributed by atoms with Crippen LogP contribution in [0.25, 0.3) is 0 Å². The molecular formula is C18H23ClN4O2. The van der Waals surface area contributed by atoms with Crippen LogP contribution < -0.4 is 11.0 Å². The molecular weight excluding hydrogens is 340 g/mol. The van der Waals surface area contributed by atoms with E-state index < -0.39 is 0 Å². The summed E-state index contributed by atoms with van der Waals surface area (Å²) in [7, 11) is 0. The Hall–Kier alpha value is -2.08. The predicted octanol–water partition coefficient (Wildman–Crippen LogP) is 2.69. The van der Waals surface area contributed by atoms with E-state index in [1.807, 2.05) is 31.2 Å². The van der Waals surface area contributed by atoms with Gasteiger partial charge in [-0.25, -0.2) is 9.48 Å². The molecule has 1 aliphatic rings. The van der Waals surface area contributed by atoms with Gasteiger partial charge in [-0.1, -0.05) is 37.1 Å². The lowest BCUT2D eigenvalue weighted by atomic mass is 10.0. The number of nitrogens with one attached hydrogen (secondary N) is 1. The summed E-state index contributed by atoms with van der Waals surface area (Å²) in [6.45, 7) is 2.64. The van der Waals surface area contributed by atoms with E-state index in [2.05, 4.69) is 10.4 Å². The van der Waals surface area contributed by atoms with Crippen molar-refractivity contribution in [2.45, 2.75) is 58.2 Å². The van der Waals surface area contributed by atoms with Gasteiger partial charge in [0, 0.05) is 18.0 Å². The summed E-state index contributed by atoms with van der Waals surface area (Å²) in [6.07, 6.45) is 4.69. The first-order valence-electron chi connectivity index (χ1n) is 8.80. The predicted molar refractivity (Wildman–Crippen MR) is 96.7 cm³/mol. The highest BCUT2D eigenvalue weighted by molar-refractivity contribution is 6.30. The molecule has 2 aromatic rings. The fraction of sp³-hybridized carbons (Fsp3) is 0.500. The third-order valence-corrected chi connectivity index (χ3v) is 4.84. The number of aromatic nitrogens is 3. The lowest BCUT2D eigenvalue weighted by Crippen LogP contribution is -2.35. The topological polar surface area (TPSA) is 68.9 Å². The first-order valence-corrected chi connectivity index (χ1v) is 9.17. The second kappa shape index (κ2) is 7.87. The Kier molecular flexibility index (Phi) is 5.58. The van der Waals surface area contributed by atoms with Gasteiger partial charge in [0.1, 0.15) is 12.4 Å². The van der Waals surface area contributed by atoms with Gasteiger partial charge in [-0.3, -0.25) is 9.36 Å². The van der Waals surface area contributed by atoms with Gasteiger partial charge in [-0.15, -0.1) is 0 Å². The van der Waals surface area contributed by atoms with Crippen LogP contribution in [-0.2, 0) is 24.3 Å². The summed E-state index contributed by atoms with van der Waals surface area (Å²) >= 11 is 5.92. The highest BCUT2D eigenvalue weighted by Crippen LogP contribution is 2.19. The number of carbonyl (C=O) groups is 1. The van der Waals surface area contributed by atoms with Crippen LogP contribution in [0.5, 0.6) is 0 Å². The van der Waals surface area contributed by atoms with E-state index in [-0.39, 0.29) is 24.2 Å². The fourth-order valence-electron chi connectivity index (χ4n) is 3.22. The van der Waals surface area contributed by atoms with Crippen molar-refractivity contribution in [2.75, 3.05) is 0 Å². The monoisotopic (exact) mass is 362 g/mol. The van der Waals surface area contributed by atoms with Crippen LogP contribution in [0, 0.1) is 0 Å². The highest BCUT2D eigenvalue weighted by atomic mass is 35.5. The van der Waals surface area contributed by atoms with Crippen LogP contribution in [0.2, 0.25) is 5.02 Å². The molecule has 0 fully saturated rings. The van der Waals surface area contributed by atoms with Crippen molar-refractivity contribution < 1.29 is 4.79 Å². The first-order chi connectivity index (χ1) is 12.1. The summed E-state index contributed by atoms with van der Waals surface area (Å²) in [5.41, 5.74) is 0.805. The minimum Gasteiger partial charge on any atom is -0.348 e. The summed E-state index contributed by atoms with van der Waals surface area (Å²) in [4.78, 5) is 24.8. The lowest BCUT2D eigenvalue weighted by molar-refractivity contribution is -0.122. The van der Waals surface area contributed by atoms with E-state index in [9.17, 15) is 9.59 Å². The molecule has 0 aliphatic carbocycles. The number of amides is 1. The molecule has 6 nitrogen and oxygen atoms in total. The summed E-state index contributed by atoms with van der Waals surface area (Å²) < 4.78 is 2.99. The molecule has 134 valence electrons. The Morgan fingerprint density at radius 3 is 2.76 bits per heavy atom. The molecule has 1 amide bonds. The van der Waals surface area contributed by atoms with Gasteiger partial charge >= 0.3 is 5.69 Å². The van der Waals surface area contributed by atoms with Crippen molar-refractivity contribution >= 4 is 17.5 Å². The fourth-order valence-corrected chi connectivity index (χ4v) is 3.35. The van der Waals surface area contributed by atoms with Gasteiger partial charge < -0.3 is 5.32 Å². The zero-order valence-electron chi connectivity index (χ0n) is 14.4. The standard InChI is InChI=1S/C18H23ClN4O2/c1-2-15(13-7-9-14(19)10-8-13)20-17(24)12-23-18(25)22-11-5-3-4-6-16(22)21-23/h7-10,15H,2-6,11-12H2,1H3,(H,20,24). The maximum Gasteiger partial charge on any atom is 0.346 e. The SMILES string of the molecule is CCC(NC(=O)Cn1nc2n(c1=O)CCCCC2)c1ccc(Cl)cc1. The average molecular weight is 363 g/mol. The van der Waals surface area contributed by atoms with E-state index in [0.717, 1.165) is 43.5 Å². The van der Waals surface area contributed by atoms with Gasteiger partial charge in [0.25, 0.3) is 0 Å². The summed E-state index contributed by atoms with van der Waals surface area (Å²) in [6, 6.07) is 7.32. The number of benzene rings is 1. The van der Waals surface area contributed by atoms with E-state index in [1.165, 1.54) is 4.68 Å². The van der Waals surface area contributed by atoms with Crippen molar-refractivity contribution in [1.82, 2.24) is 19.7 Å². The third kappa shape index (κ3) is 4.12. The molecule has 0 radical (unpaired) electrons. The molecule has 3 rings (SSSR count). The van der Waals surface area contributed by atoms with Crippen LogP contribution in [-0.4, -0.2) is 20.3 Å². The Bertz CT molecular complexity index is 794. The van der Waals surface area contributed by atoms with Gasteiger partial charge in [-0.2, -0.15) is 5.10 Å². The number of hydrogen-bond acceptors (Lipinski definition) is 3. The van der Waals surface area contributed by atoms with E-state index in [4.69, 9.17) is 11.6 Å². The first kappa shape index (κ1) is 17.7. The molecule has 0 saturated carbocycles. The smallest absolute Gasteiger partial charge is 0.346 e. The number of fused-ring (bicyclic) bond motifs is 1. The number of nitrogens with zero attached hydrogens (tertiary/aromatic N) is 3. The van der Waals surface area contributed by atoms with Crippen molar-refractivity contribution in [2.24, 2.45) is 0 Å². The van der Waals surface area contributed by atoms with Crippen molar-refractivity contribution in [1.29, 1.82) is 0 Å². The highest BCUT2D eigenvalue weighted by Gasteiger charge is 2.19. The normalized spacial score (nSPS) is 15.3. The second-order valence-electron chi connectivity index (χ2n) is 6.40. The zero-order chi connectivity index (χ0) is 17.8. The van der Waals surface area contributed by atoms with Gasteiger partial charge in [-0.05, 0) is 37.0 Å². The van der Waals surface area contributed by atoms with Gasteiger partial charge in [0.15, 0.2) is 0 Å². The summed E-state index contributed by atoms with van der Waals surface area (Å²) in [5.74, 6) is 0.581. The van der Waals surface area contributed by atoms with Crippen LogP contribution in [0.15, 0.2) is 29.1 Å². The lowest BCUT2D eigenvalue weighted by Gasteiger charge is -2.17. The molecule has 0 saturated heterocycles. The Morgan fingerprint density at radius 2 is 2.04 bits per heavy atom. The van der Waals surface area contributed by atoms with E-state index in [0.29, 0.717) is 11.6 Å². The number of hydrogen-bond donors (Lipinski definition) is 1. The second-order valence-corrected chi connectivity index (χ2v) is 6.84. The molecule has 1 unspecified atom stereocenters. The van der Waals surface area contributed by atoms with Crippen molar-refractivity contribution in [3.63, 3.8) is 0 Å². The minimum absolute atomic E-state index is 0.0527. The van der Waals surface area contributed by atoms with Crippen LogP contribution in [0.4, 0.5) is 0 Å². The van der Waals surface area contributed by atoms with Crippen molar-refractivity contribution in [3.05, 3.63) is 51.2 Å². The molecule has 1 aromatic carbocycles. The average Bonchev–Trinajstić information content (AvgIpc) is 2.78. The Morgan fingerprint density at radius 1 is 1.28 bits per heavy atom. The maximum absolute atomic E-state index is 12.4. The molecule has 1 atom stereocenters. The van der Waals surface area contributed by atoms with Crippen LogP contribution >= 0.6 is 11.6 Å². The minimum atomic E-state index is -0.211. The van der Waals surface area contributed by atoms with Gasteiger partial charge in [0.05, 0.1) is 6.04 Å². The largest absolute Gasteiger partial charge is 0.348 e. The van der Waals surface area contributed by atoms with Crippen LogP contribution in [0.3, 0.4) is 0 Å².